The Kier molecular flexibility index (Phi) is 8.36. The maximum absolute atomic E-state index is 13.7. The molecule has 1 N–H and O–H groups in total. The van der Waals surface area contributed by atoms with Gasteiger partial charge in [0, 0.05) is 37.8 Å². The molecule has 1 aliphatic rings. The number of piperazine rings is 1. The van der Waals surface area contributed by atoms with Crippen molar-refractivity contribution in [1.29, 1.82) is 0 Å². The van der Waals surface area contributed by atoms with E-state index in [1.807, 2.05) is 58.9 Å². The molecule has 0 unspecified atom stereocenters. The fourth-order valence-electron chi connectivity index (χ4n) is 4.60. The van der Waals surface area contributed by atoms with Gasteiger partial charge in [-0.05, 0) is 59.2 Å². The average molecular weight is 542 g/mol. The summed E-state index contributed by atoms with van der Waals surface area (Å²) in [5.74, 6) is 2.12. The summed E-state index contributed by atoms with van der Waals surface area (Å²) < 4.78 is 0. The Balaban J connectivity index is 1.53. The summed E-state index contributed by atoms with van der Waals surface area (Å²) in [5.41, 5.74) is 1.15. The van der Waals surface area contributed by atoms with Crippen molar-refractivity contribution in [2.45, 2.75) is 53.5 Å². The van der Waals surface area contributed by atoms with Crippen LogP contribution in [0.15, 0.2) is 30.5 Å². The number of hydrogen-bond acceptors (Lipinski definition) is 8. The van der Waals surface area contributed by atoms with Crippen molar-refractivity contribution in [2.75, 3.05) is 47.8 Å². The van der Waals surface area contributed by atoms with Gasteiger partial charge in [-0.15, -0.1) is 0 Å². The summed E-state index contributed by atoms with van der Waals surface area (Å²) in [5, 5.41) is 5.00. The molecule has 0 saturated carbocycles. The van der Waals surface area contributed by atoms with Crippen LogP contribution in [0.3, 0.4) is 0 Å². The first-order valence-corrected chi connectivity index (χ1v) is 13.9. The normalized spacial score (nSPS) is 14.6. The lowest BCUT2D eigenvalue weighted by Crippen LogP contribution is -2.46. The van der Waals surface area contributed by atoms with Gasteiger partial charge in [-0.3, -0.25) is 14.6 Å². The van der Waals surface area contributed by atoms with E-state index >= 15 is 0 Å². The van der Waals surface area contributed by atoms with Crippen LogP contribution in [0.1, 0.15) is 55.3 Å². The number of thiazole rings is 1. The van der Waals surface area contributed by atoms with Crippen molar-refractivity contribution in [1.82, 2.24) is 19.9 Å². The van der Waals surface area contributed by atoms with Crippen LogP contribution in [0.25, 0.3) is 0 Å². The Morgan fingerprint density at radius 3 is 2.54 bits per heavy atom. The van der Waals surface area contributed by atoms with E-state index in [1.54, 1.807) is 11.1 Å². The van der Waals surface area contributed by atoms with Crippen molar-refractivity contribution in [3.8, 4) is 0 Å². The summed E-state index contributed by atoms with van der Waals surface area (Å²) in [6.45, 7) is 17.2. The monoisotopic (exact) mass is 541 g/mol. The number of aryl methyl sites for hydroxylation is 2. The lowest BCUT2D eigenvalue weighted by Gasteiger charge is -2.36. The molecule has 0 spiro atoms. The zero-order valence-electron chi connectivity index (χ0n) is 22.5. The van der Waals surface area contributed by atoms with Crippen LogP contribution in [0.5, 0.6) is 0 Å². The smallest absolute Gasteiger partial charge is 0.287 e. The van der Waals surface area contributed by atoms with Crippen molar-refractivity contribution >= 4 is 51.2 Å². The molecule has 1 aliphatic heterocycles. The highest BCUT2D eigenvalue weighted by Crippen LogP contribution is 2.36. The van der Waals surface area contributed by atoms with Crippen LogP contribution in [-0.4, -0.2) is 64.0 Å². The average Bonchev–Trinajstić information content (AvgIpc) is 3.29. The predicted octanol–water partition coefficient (Wildman–Crippen LogP) is 5.92. The number of nitrogens with one attached hydrogen (secondary N) is 1. The van der Waals surface area contributed by atoms with Gasteiger partial charge in [0.2, 0.25) is 0 Å². The van der Waals surface area contributed by atoms with E-state index in [0.29, 0.717) is 27.4 Å². The number of halogens is 1. The molecular weight excluding hydrogens is 506 g/mol. The molecule has 37 heavy (non-hydrogen) atoms. The van der Waals surface area contributed by atoms with E-state index < -0.39 is 5.54 Å². The molecule has 0 atom stereocenters. The number of carbonyl (C=O) groups excluding carboxylic acids is 1. The van der Waals surface area contributed by atoms with Crippen molar-refractivity contribution < 1.29 is 4.79 Å². The molecule has 8 nitrogen and oxygen atoms in total. The Morgan fingerprint density at radius 2 is 1.89 bits per heavy atom. The highest BCUT2D eigenvalue weighted by Gasteiger charge is 2.33. The second-order valence-electron chi connectivity index (χ2n) is 10.4. The third-order valence-corrected chi connectivity index (χ3v) is 7.49. The van der Waals surface area contributed by atoms with Crippen LogP contribution in [0.2, 0.25) is 5.02 Å². The number of nitrogens with zero attached hydrogens (tertiary/aromatic N) is 6. The van der Waals surface area contributed by atoms with E-state index in [1.165, 1.54) is 17.8 Å². The first kappa shape index (κ1) is 27.3. The van der Waals surface area contributed by atoms with Crippen LogP contribution >= 0.6 is 22.9 Å². The maximum atomic E-state index is 13.7. The molecule has 198 valence electrons. The standard InChI is InChI=1S/C27H36ClN7OS/c1-7-11-33-12-14-34(15-13-33)22-16-21(30-19(3)31-22)32-23-17-29-25(37-23)26(36)35(27(4,5)6)24-18(2)9-8-10-20(24)28/h8-10,16-17H,7,11-15H2,1-6H3,(H,30,31,32). The van der Waals surface area contributed by atoms with Gasteiger partial charge in [-0.1, -0.05) is 42.0 Å². The van der Waals surface area contributed by atoms with E-state index in [2.05, 4.69) is 37.0 Å². The minimum absolute atomic E-state index is 0.189. The first-order valence-electron chi connectivity index (χ1n) is 12.7. The summed E-state index contributed by atoms with van der Waals surface area (Å²) in [6.07, 6.45) is 2.85. The lowest BCUT2D eigenvalue weighted by atomic mass is 10.0. The Labute approximate surface area is 228 Å². The molecule has 1 fully saturated rings. The molecule has 10 heteroatoms. The van der Waals surface area contributed by atoms with E-state index in [-0.39, 0.29) is 5.91 Å². The zero-order chi connectivity index (χ0) is 26.7. The quantitative estimate of drug-likeness (QED) is 0.397. The summed E-state index contributed by atoms with van der Waals surface area (Å²) in [7, 11) is 0. The van der Waals surface area contributed by atoms with Gasteiger partial charge in [0.05, 0.1) is 16.9 Å². The van der Waals surface area contributed by atoms with E-state index in [0.717, 1.165) is 49.1 Å². The van der Waals surface area contributed by atoms with Crippen molar-refractivity contribution in [3.63, 3.8) is 0 Å². The number of rotatable bonds is 7. The fraction of sp³-hybridized carbons (Fsp3) is 0.481. The molecule has 1 amide bonds. The van der Waals surface area contributed by atoms with E-state index in [9.17, 15) is 4.79 Å². The Bertz CT molecular complexity index is 1230. The minimum atomic E-state index is -0.494. The molecule has 2 aromatic heterocycles. The van der Waals surface area contributed by atoms with Crippen LogP contribution in [0.4, 0.5) is 22.3 Å². The highest BCUT2D eigenvalue weighted by molar-refractivity contribution is 7.17. The number of amides is 1. The van der Waals surface area contributed by atoms with Crippen molar-refractivity contribution in [2.24, 2.45) is 0 Å². The maximum Gasteiger partial charge on any atom is 0.287 e. The highest BCUT2D eigenvalue weighted by atomic mass is 35.5. The van der Waals surface area contributed by atoms with Gasteiger partial charge < -0.3 is 10.2 Å². The van der Waals surface area contributed by atoms with Crippen molar-refractivity contribution in [3.05, 3.63) is 51.9 Å². The lowest BCUT2D eigenvalue weighted by molar-refractivity contribution is 0.0965. The Morgan fingerprint density at radius 1 is 1.16 bits per heavy atom. The molecular formula is C27H36ClN7OS. The molecule has 3 aromatic rings. The molecule has 0 bridgehead atoms. The zero-order valence-corrected chi connectivity index (χ0v) is 24.1. The Hall–Kier alpha value is -2.75. The van der Waals surface area contributed by atoms with Gasteiger partial charge in [0.15, 0.2) is 5.01 Å². The number of anilines is 4. The molecule has 0 aliphatic carbocycles. The van der Waals surface area contributed by atoms with Gasteiger partial charge >= 0.3 is 0 Å². The van der Waals surface area contributed by atoms with Gasteiger partial charge in [-0.25, -0.2) is 15.0 Å². The van der Waals surface area contributed by atoms with Gasteiger partial charge in [0.25, 0.3) is 5.91 Å². The van der Waals surface area contributed by atoms with E-state index in [4.69, 9.17) is 11.6 Å². The number of carbonyl (C=O) groups is 1. The summed E-state index contributed by atoms with van der Waals surface area (Å²) in [6, 6.07) is 7.63. The summed E-state index contributed by atoms with van der Waals surface area (Å²) in [4.78, 5) is 33.9. The van der Waals surface area contributed by atoms with Crippen LogP contribution in [0, 0.1) is 13.8 Å². The number of para-hydroxylation sites is 1. The SMILES string of the molecule is CCCN1CCN(c2cc(Nc3cnc(C(=O)N(c4c(C)cccc4Cl)C(C)(C)C)s3)nc(C)n2)CC1. The topological polar surface area (TPSA) is 77.5 Å². The molecule has 1 saturated heterocycles. The summed E-state index contributed by atoms with van der Waals surface area (Å²) >= 11 is 7.85. The fourth-order valence-corrected chi connectivity index (χ4v) is 5.65. The molecule has 1 aromatic carbocycles. The molecule has 0 radical (unpaired) electrons. The number of hydrogen-bond donors (Lipinski definition) is 1. The molecule has 4 rings (SSSR count). The predicted molar refractivity (Wildman–Crippen MR) is 154 cm³/mol. The molecule has 3 heterocycles. The first-order chi connectivity index (χ1) is 17.6. The number of aromatic nitrogens is 3. The second kappa shape index (κ2) is 11.3. The van der Waals surface area contributed by atoms with Gasteiger partial charge in [-0.2, -0.15) is 0 Å². The third-order valence-electron chi connectivity index (χ3n) is 6.29. The number of benzene rings is 1. The second-order valence-corrected chi connectivity index (χ2v) is 11.8. The van der Waals surface area contributed by atoms with Crippen LogP contribution < -0.4 is 15.1 Å². The van der Waals surface area contributed by atoms with Gasteiger partial charge in [0.1, 0.15) is 22.5 Å². The third kappa shape index (κ3) is 6.40. The largest absolute Gasteiger partial charge is 0.354 e. The van der Waals surface area contributed by atoms with Crippen LogP contribution in [-0.2, 0) is 0 Å². The minimum Gasteiger partial charge on any atom is -0.354 e.